The van der Waals surface area contributed by atoms with Gasteiger partial charge in [0, 0.05) is 6.04 Å². The number of amides is 3. The van der Waals surface area contributed by atoms with Gasteiger partial charge in [-0.1, -0.05) is 0 Å². The highest BCUT2D eigenvalue weighted by atomic mass is 16.5. The molecule has 8 heteroatoms. The van der Waals surface area contributed by atoms with E-state index in [1.54, 1.807) is 13.8 Å². The van der Waals surface area contributed by atoms with E-state index in [0.717, 1.165) is 12.8 Å². The lowest BCUT2D eigenvalue weighted by Gasteiger charge is -2.47. The fourth-order valence-electron chi connectivity index (χ4n) is 2.13. The molecule has 1 saturated heterocycles. The van der Waals surface area contributed by atoms with E-state index in [4.69, 9.17) is 9.84 Å². The first-order chi connectivity index (χ1) is 9.79. The Morgan fingerprint density at radius 2 is 2.00 bits per heavy atom. The third-order valence-electron chi connectivity index (χ3n) is 3.54. The number of likely N-dealkylation sites (tertiary alicyclic amines) is 1. The van der Waals surface area contributed by atoms with E-state index in [2.05, 4.69) is 10.6 Å². The maximum absolute atomic E-state index is 11.9. The van der Waals surface area contributed by atoms with Crippen molar-refractivity contribution in [3.05, 3.63) is 0 Å². The summed E-state index contributed by atoms with van der Waals surface area (Å²) in [5, 5.41) is 14.0. The minimum atomic E-state index is -1.04. The Balaban J connectivity index is 1.70. The zero-order valence-corrected chi connectivity index (χ0v) is 12.2. The van der Waals surface area contributed by atoms with Gasteiger partial charge in [0.2, 0.25) is 5.91 Å². The summed E-state index contributed by atoms with van der Waals surface area (Å²) in [5.74, 6) is -1.22. The third kappa shape index (κ3) is 4.32. The van der Waals surface area contributed by atoms with Crippen LogP contribution in [0.15, 0.2) is 0 Å². The van der Waals surface area contributed by atoms with Gasteiger partial charge in [-0.3, -0.25) is 4.79 Å². The van der Waals surface area contributed by atoms with Crippen LogP contribution in [-0.2, 0) is 14.3 Å². The first-order valence-electron chi connectivity index (χ1n) is 7.01. The second kappa shape index (κ2) is 5.88. The fraction of sp³-hybridized carbons (Fsp3) is 0.769. The Hall–Kier alpha value is -1.83. The lowest BCUT2D eigenvalue weighted by atomic mass is 9.97. The number of carboxylic acid groups (broad SMARTS) is 1. The molecule has 0 aromatic carbocycles. The molecule has 1 aliphatic carbocycles. The molecule has 2 rings (SSSR count). The Labute approximate surface area is 122 Å². The molecule has 1 atom stereocenters. The van der Waals surface area contributed by atoms with Crippen molar-refractivity contribution in [1.82, 2.24) is 15.5 Å². The highest BCUT2D eigenvalue weighted by molar-refractivity contribution is 5.87. The summed E-state index contributed by atoms with van der Waals surface area (Å²) in [7, 11) is 0. The van der Waals surface area contributed by atoms with Crippen molar-refractivity contribution in [3.8, 4) is 0 Å². The molecule has 118 valence electrons. The van der Waals surface area contributed by atoms with E-state index in [0.29, 0.717) is 13.1 Å². The average molecular weight is 299 g/mol. The van der Waals surface area contributed by atoms with Crippen LogP contribution in [0.5, 0.6) is 0 Å². The molecule has 1 unspecified atom stereocenters. The number of hydrogen-bond acceptors (Lipinski definition) is 4. The minimum Gasteiger partial charge on any atom is -0.480 e. The van der Waals surface area contributed by atoms with Crippen LogP contribution in [0.25, 0.3) is 0 Å². The molecule has 0 bridgehead atoms. The summed E-state index contributed by atoms with van der Waals surface area (Å²) < 4.78 is 5.22. The molecule has 1 aliphatic heterocycles. The monoisotopic (exact) mass is 299 g/mol. The van der Waals surface area contributed by atoms with E-state index < -0.39 is 17.6 Å². The lowest BCUT2D eigenvalue weighted by Crippen LogP contribution is -2.66. The van der Waals surface area contributed by atoms with Gasteiger partial charge in [0.25, 0.3) is 0 Å². The van der Waals surface area contributed by atoms with Crippen LogP contribution >= 0.6 is 0 Å². The highest BCUT2D eigenvalue weighted by Gasteiger charge is 2.43. The van der Waals surface area contributed by atoms with Crippen molar-refractivity contribution in [1.29, 1.82) is 0 Å². The Morgan fingerprint density at radius 3 is 2.52 bits per heavy atom. The topological polar surface area (TPSA) is 108 Å². The molecule has 3 amide bonds. The van der Waals surface area contributed by atoms with Crippen LogP contribution in [0.4, 0.5) is 4.79 Å². The number of hydrogen-bond donors (Lipinski definition) is 3. The van der Waals surface area contributed by atoms with E-state index in [1.165, 1.54) is 4.90 Å². The van der Waals surface area contributed by atoms with Crippen molar-refractivity contribution in [2.75, 3.05) is 19.7 Å². The number of carbonyl (C=O) groups excluding carboxylic acids is 2. The van der Waals surface area contributed by atoms with Gasteiger partial charge in [-0.15, -0.1) is 0 Å². The zero-order valence-electron chi connectivity index (χ0n) is 12.2. The van der Waals surface area contributed by atoms with Crippen molar-refractivity contribution in [2.45, 2.75) is 44.4 Å². The largest absolute Gasteiger partial charge is 0.480 e. The van der Waals surface area contributed by atoms with Crippen molar-refractivity contribution < 1.29 is 24.2 Å². The van der Waals surface area contributed by atoms with Crippen molar-refractivity contribution >= 4 is 17.9 Å². The second-order valence-electron chi connectivity index (χ2n) is 5.94. The van der Waals surface area contributed by atoms with Crippen LogP contribution in [-0.4, -0.2) is 65.3 Å². The number of nitrogens with zero attached hydrogens (tertiary/aromatic N) is 1. The molecule has 0 aromatic heterocycles. The normalized spacial score (nSPS) is 21.1. The number of aliphatic carboxylic acids is 1. The number of rotatable bonds is 6. The van der Waals surface area contributed by atoms with Gasteiger partial charge in [-0.2, -0.15) is 0 Å². The molecular weight excluding hydrogens is 278 g/mol. The van der Waals surface area contributed by atoms with Crippen LogP contribution in [0, 0.1) is 0 Å². The van der Waals surface area contributed by atoms with Crippen molar-refractivity contribution in [2.24, 2.45) is 0 Å². The smallest absolute Gasteiger partial charge is 0.329 e. The van der Waals surface area contributed by atoms with Crippen molar-refractivity contribution in [3.63, 3.8) is 0 Å². The van der Waals surface area contributed by atoms with Gasteiger partial charge in [0.1, 0.15) is 18.2 Å². The third-order valence-corrected chi connectivity index (χ3v) is 3.54. The van der Waals surface area contributed by atoms with Crippen LogP contribution < -0.4 is 10.6 Å². The van der Waals surface area contributed by atoms with Crippen LogP contribution in [0.3, 0.4) is 0 Å². The van der Waals surface area contributed by atoms with Gasteiger partial charge in [-0.25, -0.2) is 9.59 Å². The number of urea groups is 1. The van der Waals surface area contributed by atoms with E-state index in [9.17, 15) is 14.4 Å². The van der Waals surface area contributed by atoms with Crippen LogP contribution in [0.1, 0.15) is 26.7 Å². The molecule has 0 spiro atoms. The number of carbonyl (C=O) groups is 3. The Kier molecular flexibility index (Phi) is 4.36. The summed E-state index contributed by atoms with van der Waals surface area (Å²) >= 11 is 0. The van der Waals surface area contributed by atoms with Gasteiger partial charge in [0.15, 0.2) is 0 Å². The van der Waals surface area contributed by atoms with Gasteiger partial charge in [0.05, 0.1) is 13.1 Å². The molecule has 0 aromatic rings. The average Bonchev–Trinajstić information content (AvgIpc) is 3.16. The molecular formula is C13H21N3O5. The second-order valence-corrected chi connectivity index (χ2v) is 5.94. The molecule has 1 saturated carbocycles. The molecule has 0 radical (unpaired) electrons. The minimum absolute atomic E-state index is 0.184. The molecule has 21 heavy (non-hydrogen) atoms. The summed E-state index contributed by atoms with van der Waals surface area (Å²) in [4.78, 5) is 35.6. The zero-order chi connectivity index (χ0) is 15.6. The van der Waals surface area contributed by atoms with Gasteiger partial charge >= 0.3 is 12.0 Å². The van der Waals surface area contributed by atoms with Gasteiger partial charge < -0.3 is 25.4 Å². The first-order valence-corrected chi connectivity index (χ1v) is 7.01. The predicted octanol–water partition coefficient (Wildman–Crippen LogP) is -0.461. The number of nitrogens with one attached hydrogen (secondary N) is 2. The summed E-state index contributed by atoms with van der Waals surface area (Å²) in [6, 6.07) is -0.677. The Morgan fingerprint density at radius 1 is 1.38 bits per heavy atom. The summed E-state index contributed by atoms with van der Waals surface area (Å²) in [5.41, 5.74) is -0.630. The quantitative estimate of drug-likeness (QED) is 0.615. The van der Waals surface area contributed by atoms with E-state index >= 15 is 0 Å². The summed E-state index contributed by atoms with van der Waals surface area (Å²) in [6.45, 7) is 3.62. The van der Waals surface area contributed by atoms with E-state index in [1.807, 2.05) is 0 Å². The summed E-state index contributed by atoms with van der Waals surface area (Å²) in [6.07, 6.45) is 2.00. The number of carboxylic acids is 1. The molecule has 2 aliphatic rings. The van der Waals surface area contributed by atoms with Crippen LogP contribution in [0.2, 0.25) is 0 Å². The lowest BCUT2D eigenvalue weighted by molar-refractivity contribution is -0.159. The molecule has 3 N–H and O–H groups in total. The Bertz CT molecular complexity index is 443. The number of ether oxygens (including phenoxy) is 1. The highest BCUT2D eigenvalue weighted by Crippen LogP contribution is 2.24. The first kappa shape index (κ1) is 15.6. The molecule has 2 fully saturated rings. The maximum Gasteiger partial charge on any atom is 0.329 e. The SMILES string of the molecule is CC(NC(=O)N1CC(C)(OCC(=O)O)C1)C(=O)NC1CC1. The molecule has 8 nitrogen and oxygen atoms in total. The van der Waals surface area contributed by atoms with E-state index in [-0.39, 0.29) is 24.6 Å². The predicted molar refractivity (Wildman–Crippen MR) is 72.7 cm³/mol. The molecule has 1 heterocycles. The van der Waals surface area contributed by atoms with Gasteiger partial charge in [-0.05, 0) is 26.7 Å². The fourth-order valence-corrected chi connectivity index (χ4v) is 2.13. The standard InChI is InChI=1S/C13H21N3O5/c1-8(11(19)15-9-3-4-9)14-12(20)16-6-13(2,7-16)21-5-10(17)18/h8-9H,3-7H2,1-2H3,(H,14,20)(H,15,19)(H,17,18). The maximum atomic E-state index is 11.9.